The second-order valence-corrected chi connectivity index (χ2v) is 9.83. The standard InChI is InChI=1S/C31H34FN3O2/c1-23-6-8-24(9-7-23)21-35-22-29(27-4-2-3-5-30(27)35)28(25-10-12-26(32)13-11-25)20-31(36)33-14-15-34-16-18-37-19-17-34/h2-13,22,28H,14-21H2,1H3,(H,33,36). The van der Waals surface area contributed by atoms with Crippen LogP contribution in [0.15, 0.2) is 79.0 Å². The largest absolute Gasteiger partial charge is 0.379 e. The van der Waals surface area contributed by atoms with Crippen molar-refractivity contribution < 1.29 is 13.9 Å². The van der Waals surface area contributed by atoms with Crippen molar-refractivity contribution >= 4 is 16.8 Å². The van der Waals surface area contributed by atoms with Gasteiger partial charge in [0.05, 0.1) is 13.2 Å². The lowest BCUT2D eigenvalue weighted by Crippen LogP contribution is -2.41. The maximum absolute atomic E-state index is 13.8. The number of para-hydroxylation sites is 1. The predicted octanol–water partition coefficient (Wildman–Crippen LogP) is 5.11. The molecule has 1 aliphatic rings. The first kappa shape index (κ1) is 25.2. The van der Waals surface area contributed by atoms with Gasteiger partial charge >= 0.3 is 0 Å². The van der Waals surface area contributed by atoms with Crippen LogP contribution in [-0.4, -0.2) is 54.8 Å². The molecule has 1 N–H and O–H groups in total. The number of hydrogen-bond donors (Lipinski definition) is 1. The Morgan fingerprint density at radius 1 is 1.00 bits per heavy atom. The van der Waals surface area contributed by atoms with Gasteiger partial charge in [-0.1, -0.05) is 60.2 Å². The zero-order chi connectivity index (χ0) is 25.6. The van der Waals surface area contributed by atoms with Crippen molar-refractivity contribution in [2.75, 3.05) is 39.4 Å². The number of fused-ring (bicyclic) bond motifs is 1. The number of aryl methyl sites for hydroxylation is 1. The fourth-order valence-electron chi connectivity index (χ4n) is 5.11. The highest BCUT2D eigenvalue weighted by atomic mass is 19.1. The summed E-state index contributed by atoms with van der Waals surface area (Å²) in [4.78, 5) is 15.4. The van der Waals surface area contributed by atoms with E-state index < -0.39 is 0 Å². The fraction of sp³-hybridized carbons (Fsp3) is 0.323. The van der Waals surface area contributed by atoms with Crippen LogP contribution in [-0.2, 0) is 16.1 Å². The number of rotatable bonds is 9. The molecule has 5 nitrogen and oxygen atoms in total. The summed E-state index contributed by atoms with van der Waals surface area (Å²) in [5.74, 6) is -0.467. The Labute approximate surface area is 217 Å². The van der Waals surface area contributed by atoms with Crippen LogP contribution in [0.2, 0.25) is 0 Å². The zero-order valence-corrected chi connectivity index (χ0v) is 21.3. The number of amides is 1. The average molecular weight is 500 g/mol. The Kier molecular flexibility index (Phi) is 7.97. The summed E-state index contributed by atoms with van der Waals surface area (Å²) in [5.41, 5.74) is 5.59. The molecule has 1 unspecified atom stereocenters. The first-order valence-corrected chi connectivity index (χ1v) is 13.0. The molecule has 1 atom stereocenters. The van der Waals surface area contributed by atoms with Gasteiger partial charge in [-0.25, -0.2) is 4.39 Å². The highest BCUT2D eigenvalue weighted by molar-refractivity contribution is 5.86. The van der Waals surface area contributed by atoms with E-state index in [1.54, 1.807) is 12.1 Å². The molecule has 1 amide bonds. The van der Waals surface area contributed by atoms with Gasteiger partial charge in [-0.3, -0.25) is 9.69 Å². The molecule has 5 rings (SSSR count). The molecule has 6 heteroatoms. The summed E-state index contributed by atoms with van der Waals surface area (Å²) in [5, 5.41) is 4.22. The number of nitrogens with zero attached hydrogens (tertiary/aromatic N) is 2. The number of ether oxygens (including phenoxy) is 1. The average Bonchev–Trinajstić information content (AvgIpc) is 3.28. The van der Waals surface area contributed by atoms with Crippen molar-refractivity contribution in [1.82, 2.24) is 14.8 Å². The van der Waals surface area contributed by atoms with E-state index >= 15 is 0 Å². The van der Waals surface area contributed by atoms with Crippen LogP contribution in [0.4, 0.5) is 4.39 Å². The van der Waals surface area contributed by atoms with Crippen molar-refractivity contribution in [3.8, 4) is 0 Å². The molecule has 0 spiro atoms. The minimum absolute atomic E-state index is 0.00190. The number of carbonyl (C=O) groups is 1. The second kappa shape index (κ2) is 11.7. The highest BCUT2D eigenvalue weighted by Gasteiger charge is 2.23. The van der Waals surface area contributed by atoms with Crippen LogP contribution >= 0.6 is 0 Å². The molecule has 4 aromatic rings. The van der Waals surface area contributed by atoms with Crippen LogP contribution in [0, 0.1) is 12.7 Å². The lowest BCUT2D eigenvalue weighted by atomic mass is 9.88. The summed E-state index contributed by atoms with van der Waals surface area (Å²) in [6.45, 7) is 7.52. The SMILES string of the molecule is Cc1ccc(Cn2cc(C(CC(=O)NCCN3CCOCC3)c3ccc(F)cc3)c3ccccc32)cc1. The van der Waals surface area contributed by atoms with Gasteiger partial charge in [-0.15, -0.1) is 0 Å². The van der Waals surface area contributed by atoms with Crippen molar-refractivity contribution in [3.05, 3.63) is 107 Å². The van der Waals surface area contributed by atoms with Crippen LogP contribution in [0.3, 0.4) is 0 Å². The molecule has 1 aromatic heterocycles. The van der Waals surface area contributed by atoms with Gasteiger partial charge in [-0.2, -0.15) is 0 Å². The predicted molar refractivity (Wildman–Crippen MR) is 145 cm³/mol. The Balaban J connectivity index is 1.41. The summed E-state index contributed by atoms with van der Waals surface area (Å²) >= 11 is 0. The number of benzene rings is 3. The molecular formula is C31H34FN3O2. The van der Waals surface area contributed by atoms with E-state index in [2.05, 4.69) is 64.3 Å². The number of aromatic nitrogens is 1. The molecule has 1 fully saturated rings. The topological polar surface area (TPSA) is 46.5 Å². The summed E-state index contributed by atoms with van der Waals surface area (Å²) in [6.07, 6.45) is 2.47. The first-order chi connectivity index (χ1) is 18.1. The minimum atomic E-state index is -0.278. The van der Waals surface area contributed by atoms with Gasteiger partial charge in [0.25, 0.3) is 0 Å². The zero-order valence-electron chi connectivity index (χ0n) is 21.3. The lowest BCUT2D eigenvalue weighted by Gasteiger charge is -2.26. The molecule has 0 aliphatic carbocycles. The van der Waals surface area contributed by atoms with E-state index in [1.807, 2.05) is 12.1 Å². The smallest absolute Gasteiger partial charge is 0.220 e. The molecule has 2 heterocycles. The molecule has 192 valence electrons. The number of carbonyl (C=O) groups excluding carboxylic acids is 1. The maximum atomic E-state index is 13.8. The fourth-order valence-corrected chi connectivity index (χ4v) is 5.11. The maximum Gasteiger partial charge on any atom is 0.220 e. The number of halogens is 1. The lowest BCUT2D eigenvalue weighted by molar-refractivity contribution is -0.121. The first-order valence-electron chi connectivity index (χ1n) is 13.0. The van der Waals surface area contributed by atoms with Gasteiger partial charge in [-0.05, 0) is 41.8 Å². The molecule has 0 bridgehead atoms. The van der Waals surface area contributed by atoms with Gasteiger partial charge in [0.2, 0.25) is 5.91 Å². The summed E-state index contributed by atoms with van der Waals surface area (Å²) < 4.78 is 21.4. The third-order valence-corrected chi connectivity index (χ3v) is 7.18. The Morgan fingerprint density at radius 2 is 1.73 bits per heavy atom. The summed E-state index contributed by atoms with van der Waals surface area (Å²) in [6, 6.07) is 23.4. The minimum Gasteiger partial charge on any atom is -0.379 e. The number of morpholine rings is 1. The molecule has 37 heavy (non-hydrogen) atoms. The van der Waals surface area contributed by atoms with Gasteiger partial charge in [0.1, 0.15) is 5.82 Å². The monoisotopic (exact) mass is 499 g/mol. The van der Waals surface area contributed by atoms with E-state index in [-0.39, 0.29) is 17.6 Å². The molecule has 0 saturated carbocycles. The number of hydrogen-bond acceptors (Lipinski definition) is 3. The Bertz CT molecular complexity index is 1330. The van der Waals surface area contributed by atoms with Crippen molar-refractivity contribution in [3.63, 3.8) is 0 Å². The molecule has 1 aliphatic heterocycles. The third-order valence-electron chi connectivity index (χ3n) is 7.18. The van der Waals surface area contributed by atoms with Crippen molar-refractivity contribution in [2.24, 2.45) is 0 Å². The molecule has 1 saturated heterocycles. The van der Waals surface area contributed by atoms with E-state index in [0.717, 1.165) is 61.4 Å². The molecular weight excluding hydrogens is 465 g/mol. The van der Waals surface area contributed by atoms with Gasteiger partial charge in [0.15, 0.2) is 0 Å². The Hall–Kier alpha value is -3.48. The van der Waals surface area contributed by atoms with Crippen LogP contribution < -0.4 is 5.32 Å². The summed E-state index contributed by atoms with van der Waals surface area (Å²) in [7, 11) is 0. The van der Waals surface area contributed by atoms with Crippen LogP contribution in [0.5, 0.6) is 0 Å². The normalized spacial score (nSPS) is 15.1. The van der Waals surface area contributed by atoms with Crippen molar-refractivity contribution in [1.29, 1.82) is 0 Å². The molecule has 0 radical (unpaired) electrons. The second-order valence-electron chi connectivity index (χ2n) is 9.83. The van der Waals surface area contributed by atoms with Gasteiger partial charge < -0.3 is 14.6 Å². The van der Waals surface area contributed by atoms with Gasteiger partial charge in [0, 0.05) is 62.2 Å². The Morgan fingerprint density at radius 3 is 2.49 bits per heavy atom. The molecule has 3 aromatic carbocycles. The van der Waals surface area contributed by atoms with Crippen molar-refractivity contribution in [2.45, 2.75) is 25.8 Å². The van der Waals surface area contributed by atoms with Crippen LogP contribution in [0.1, 0.15) is 34.6 Å². The van der Waals surface area contributed by atoms with E-state index in [1.165, 1.54) is 23.3 Å². The van der Waals surface area contributed by atoms with E-state index in [9.17, 15) is 9.18 Å². The van der Waals surface area contributed by atoms with Crippen LogP contribution in [0.25, 0.3) is 10.9 Å². The quantitative estimate of drug-likeness (QED) is 0.348. The van der Waals surface area contributed by atoms with E-state index in [0.29, 0.717) is 13.0 Å². The number of nitrogens with one attached hydrogen (secondary N) is 1. The van der Waals surface area contributed by atoms with E-state index in [4.69, 9.17) is 4.74 Å². The highest BCUT2D eigenvalue weighted by Crippen LogP contribution is 2.35. The third kappa shape index (κ3) is 6.27.